The third-order valence-electron chi connectivity index (χ3n) is 7.82. The summed E-state index contributed by atoms with van der Waals surface area (Å²) in [5.74, 6) is -2.51. The Morgan fingerprint density at radius 2 is 1.76 bits per heavy atom. The van der Waals surface area contributed by atoms with Gasteiger partial charge in [0.25, 0.3) is 11.8 Å². The lowest BCUT2D eigenvalue weighted by molar-refractivity contribution is -0.178. The maximum Gasteiger partial charge on any atom is 0.310 e. The van der Waals surface area contributed by atoms with Crippen molar-refractivity contribution in [3.63, 3.8) is 0 Å². The van der Waals surface area contributed by atoms with Crippen molar-refractivity contribution < 1.29 is 33.4 Å². The summed E-state index contributed by atoms with van der Waals surface area (Å²) in [4.78, 5) is 70.8. The summed E-state index contributed by atoms with van der Waals surface area (Å²) in [6.07, 6.45) is 3.83. The van der Waals surface area contributed by atoms with Crippen molar-refractivity contribution in [2.24, 2.45) is 4.99 Å². The number of hydrogen-bond acceptors (Lipinski definition) is 8. The number of hydrogen-bond donors (Lipinski definition) is 2. The number of ether oxygens (including phenoxy) is 2. The van der Waals surface area contributed by atoms with Gasteiger partial charge in [-0.15, -0.1) is 0 Å². The minimum absolute atomic E-state index is 0.00937. The third kappa shape index (κ3) is 7.63. The highest BCUT2D eigenvalue weighted by Gasteiger charge is 2.46. The van der Waals surface area contributed by atoms with E-state index in [2.05, 4.69) is 15.6 Å². The number of nitrogens with one attached hydrogen (secondary N) is 2. The Morgan fingerprint density at radius 1 is 1.02 bits per heavy atom. The van der Waals surface area contributed by atoms with Crippen LogP contribution < -0.4 is 10.6 Å². The molecular weight excluding hydrogens is 578 g/mol. The molecule has 0 bridgehead atoms. The summed E-state index contributed by atoms with van der Waals surface area (Å²) < 4.78 is 11.1. The smallest absolute Gasteiger partial charge is 0.310 e. The van der Waals surface area contributed by atoms with Crippen LogP contribution in [0.2, 0.25) is 0 Å². The summed E-state index contributed by atoms with van der Waals surface area (Å²) in [5, 5.41) is 8.08. The summed E-state index contributed by atoms with van der Waals surface area (Å²) in [5.41, 5.74) is 1.57. The molecule has 0 aromatic heterocycles. The first kappa shape index (κ1) is 31.6. The molecule has 0 saturated carbocycles. The van der Waals surface area contributed by atoms with E-state index in [1.54, 1.807) is 36.5 Å². The molecule has 0 radical (unpaired) electrons. The first-order chi connectivity index (χ1) is 21.9. The fourth-order valence-electron chi connectivity index (χ4n) is 5.56. The van der Waals surface area contributed by atoms with Crippen molar-refractivity contribution in [2.75, 3.05) is 6.54 Å². The van der Waals surface area contributed by atoms with Gasteiger partial charge >= 0.3 is 5.97 Å². The second kappa shape index (κ2) is 14.8. The van der Waals surface area contributed by atoms with E-state index in [0.29, 0.717) is 12.0 Å². The van der Waals surface area contributed by atoms with Crippen LogP contribution in [0, 0.1) is 0 Å². The van der Waals surface area contributed by atoms with Gasteiger partial charge in [0.15, 0.2) is 0 Å². The summed E-state index contributed by atoms with van der Waals surface area (Å²) >= 11 is 0. The zero-order valence-corrected chi connectivity index (χ0v) is 25.1. The molecular formula is C33H37N5O7. The molecule has 45 heavy (non-hydrogen) atoms. The highest BCUT2D eigenvalue weighted by molar-refractivity contribution is 6.45. The number of nitrogens with zero attached hydrogens (tertiary/aromatic N) is 3. The predicted molar refractivity (Wildman–Crippen MR) is 163 cm³/mol. The lowest BCUT2D eigenvalue weighted by Crippen LogP contribution is -2.64. The Labute approximate surface area is 261 Å². The van der Waals surface area contributed by atoms with Crippen molar-refractivity contribution >= 4 is 35.3 Å². The molecule has 4 amide bonds. The normalized spacial score (nSPS) is 23.8. The first-order valence-corrected chi connectivity index (χ1v) is 15.2. The molecule has 3 fully saturated rings. The quantitative estimate of drug-likeness (QED) is 0.308. The monoisotopic (exact) mass is 615 g/mol. The van der Waals surface area contributed by atoms with Gasteiger partial charge in [-0.2, -0.15) is 0 Å². The van der Waals surface area contributed by atoms with E-state index in [1.165, 1.54) is 10.0 Å². The molecule has 3 aliphatic heterocycles. The minimum atomic E-state index is -1.07. The molecule has 0 aliphatic carbocycles. The number of carbonyl (C=O) groups is 5. The van der Waals surface area contributed by atoms with E-state index in [1.807, 2.05) is 43.3 Å². The van der Waals surface area contributed by atoms with Gasteiger partial charge < -0.3 is 20.1 Å². The van der Waals surface area contributed by atoms with Gasteiger partial charge in [-0.25, -0.2) is 5.01 Å². The standard InChI is InChI=1S/C33H37N5O7/c1-2-3-18-34-29(23-13-8-5-9-14-23)31(42)35-24-16-17-27(39)37-19-10-15-26(38(37)32(24)43)30(41)36-25-20-28(40)45-33(25)44-21-22-11-6-4-7-12-22/h3-9,11-14,18,24-26,33H,2,10,15-17,19-21H2,1H3,(H,35,42)(H,36,41)/b18-3-,34-29+/t24-,25-,26-,33-/m0/s1. The Morgan fingerprint density at radius 3 is 2.49 bits per heavy atom. The Hall–Kier alpha value is -4.84. The van der Waals surface area contributed by atoms with Crippen LogP contribution >= 0.6 is 0 Å². The second-order valence-electron chi connectivity index (χ2n) is 11.0. The largest absolute Gasteiger partial charge is 0.433 e. The van der Waals surface area contributed by atoms with Crippen LogP contribution in [0.15, 0.2) is 77.9 Å². The van der Waals surface area contributed by atoms with Crippen LogP contribution in [-0.4, -0.2) is 76.3 Å². The molecule has 0 spiro atoms. The van der Waals surface area contributed by atoms with Crippen LogP contribution in [0.25, 0.3) is 0 Å². The number of hydrazine groups is 1. The van der Waals surface area contributed by atoms with Gasteiger partial charge in [0, 0.05) is 24.7 Å². The van der Waals surface area contributed by atoms with Crippen LogP contribution in [0.3, 0.4) is 0 Å². The maximum atomic E-state index is 14.0. The number of fused-ring (bicyclic) bond motifs is 1. The number of rotatable bonds is 10. The predicted octanol–water partition coefficient (Wildman–Crippen LogP) is 2.39. The molecule has 2 N–H and O–H groups in total. The number of cyclic esters (lactones) is 1. The average molecular weight is 616 g/mol. The highest BCUT2D eigenvalue weighted by atomic mass is 16.7. The van der Waals surface area contributed by atoms with Crippen LogP contribution in [0.1, 0.15) is 56.6 Å². The molecule has 4 atom stereocenters. The van der Waals surface area contributed by atoms with Crippen molar-refractivity contribution in [3.05, 3.63) is 84.1 Å². The summed E-state index contributed by atoms with van der Waals surface area (Å²) in [6.45, 7) is 2.38. The Balaban J connectivity index is 1.31. The molecule has 3 saturated heterocycles. The van der Waals surface area contributed by atoms with Crippen molar-refractivity contribution in [3.8, 4) is 0 Å². The lowest BCUT2D eigenvalue weighted by Gasteiger charge is -2.43. The molecule has 2 aromatic carbocycles. The van der Waals surface area contributed by atoms with Crippen molar-refractivity contribution in [1.82, 2.24) is 20.7 Å². The zero-order chi connectivity index (χ0) is 31.8. The van der Waals surface area contributed by atoms with Gasteiger partial charge in [-0.05, 0) is 31.2 Å². The SMILES string of the molecule is CC/C=C\N=C(\C(=O)N[C@H]1CCC(=O)N2CCC[C@@H](C(=O)N[C@H]3CC(=O)O[C@@H]3OCc3ccccc3)N2C1=O)c1ccccc1. The van der Waals surface area contributed by atoms with Gasteiger partial charge in [0.05, 0.1) is 13.0 Å². The maximum absolute atomic E-state index is 14.0. The van der Waals surface area contributed by atoms with Crippen LogP contribution in [0.5, 0.6) is 0 Å². The second-order valence-corrected chi connectivity index (χ2v) is 11.0. The van der Waals surface area contributed by atoms with Crippen LogP contribution in [-0.2, 0) is 40.1 Å². The number of benzene rings is 2. The van der Waals surface area contributed by atoms with Crippen LogP contribution in [0.4, 0.5) is 0 Å². The summed E-state index contributed by atoms with van der Waals surface area (Å²) in [7, 11) is 0. The average Bonchev–Trinajstić information content (AvgIpc) is 3.36. The fourth-order valence-corrected chi connectivity index (χ4v) is 5.56. The van der Waals surface area contributed by atoms with E-state index < -0.39 is 48.1 Å². The molecule has 236 valence electrons. The first-order valence-electron chi connectivity index (χ1n) is 15.2. The van der Waals surface area contributed by atoms with E-state index in [-0.39, 0.29) is 50.5 Å². The van der Waals surface area contributed by atoms with Gasteiger partial charge in [0.1, 0.15) is 23.8 Å². The van der Waals surface area contributed by atoms with Gasteiger partial charge in [0.2, 0.25) is 18.1 Å². The van der Waals surface area contributed by atoms with Crippen molar-refractivity contribution in [1.29, 1.82) is 0 Å². The van der Waals surface area contributed by atoms with E-state index in [9.17, 15) is 24.0 Å². The zero-order valence-electron chi connectivity index (χ0n) is 25.1. The molecule has 0 unspecified atom stereocenters. The third-order valence-corrected chi connectivity index (χ3v) is 7.82. The molecule has 3 heterocycles. The highest BCUT2D eigenvalue weighted by Crippen LogP contribution is 2.26. The van der Waals surface area contributed by atoms with Gasteiger partial charge in [-0.3, -0.25) is 34.0 Å². The Kier molecular flexibility index (Phi) is 10.4. The topological polar surface area (TPSA) is 147 Å². The Bertz CT molecular complexity index is 1460. The van der Waals surface area contributed by atoms with Crippen molar-refractivity contribution in [2.45, 2.75) is 76.5 Å². The lowest BCUT2D eigenvalue weighted by atomic mass is 10.0. The van der Waals surface area contributed by atoms with Gasteiger partial charge in [-0.1, -0.05) is 73.7 Å². The number of carbonyl (C=O) groups excluding carboxylic acids is 5. The molecule has 2 aromatic rings. The molecule has 3 aliphatic rings. The number of aliphatic imine (C=N–C) groups is 1. The fraction of sp³-hybridized carbons (Fsp3) is 0.394. The minimum Gasteiger partial charge on any atom is -0.433 e. The van der Waals surface area contributed by atoms with E-state index >= 15 is 0 Å². The molecule has 12 heteroatoms. The van der Waals surface area contributed by atoms with E-state index in [4.69, 9.17) is 9.47 Å². The molecule has 5 rings (SSSR count). The number of allylic oxidation sites excluding steroid dienone is 1. The number of amides is 4. The van der Waals surface area contributed by atoms with E-state index in [0.717, 1.165) is 12.0 Å². The number of esters is 1. The molecule has 12 nitrogen and oxygen atoms in total. The summed E-state index contributed by atoms with van der Waals surface area (Å²) in [6, 6.07) is 15.3.